The fourth-order valence-corrected chi connectivity index (χ4v) is 4.98. The summed E-state index contributed by atoms with van der Waals surface area (Å²) < 4.78 is 13.1. The zero-order valence-corrected chi connectivity index (χ0v) is 19.3. The van der Waals surface area contributed by atoms with Crippen LogP contribution in [0.1, 0.15) is 11.1 Å². The Morgan fingerprint density at radius 3 is 2.51 bits per heavy atom. The fourth-order valence-electron chi connectivity index (χ4n) is 4.98. The molecular formula is C26H24N4O5. The van der Waals surface area contributed by atoms with Crippen LogP contribution in [-0.4, -0.2) is 64.9 Å². The Hall–Kier alpha value is -4.08. The quantitative estimate of drug-likeness (QED) is 0.372. The van der Waals surface area contributed by atoms with E-state index in [4.69, 9.17) is 9.47 Å². The van der Waals surface area contributed by atoms with Crippen molar-refractivity contribution >= 4 is 44.8 Å². The lowest BCUT2D eigenvalue weighted by Crippen LogP contribution is -2.29. The van der Waals surface area contributed by atoms with Crippen molar-refractivity contribution in [3.63, 3.8) is 0 Å². The minimum atomic E-state index is -0.639. The molecule has 9 nitrogen and oxygen atoms in total. The number of aliphatic hydroxyl groups is 1. The number of ether oxygens (including phenoxy) is 2. The van der Waals surface area contributed by atoms with E-state index in [0.29, 0.717) is 46.9 Å². The molecule has 2 aliphatic rings. The molecule has 1 atom stereocenters. The van der Waals surface area contributed by atoms with Crippen LogP contribution in [0, 0.1) is 0 Å². The molecule has 2 aliphatic heterocycles. The van der Waals surface area contributed by atoms with Crippen molar-refractivity contribution in [1.82, 2.24) is 19.8 Å². The molecule has 2 aromatic carbocycles. The molecule has 0 bridgehead atoms. The van der Waals surface area contributed by atoms with Gasteiger partial charge in [-0.3, -0.25) is 14.9 Å². The zero-order valence-electron chi connectivity index (χ0n) is 19.3. The number of hydrogen-bond donors (Lipinski definition) is 3. The molecule has 0 spiro atoms. The highest BCUT2D eigenvalue weighted by molar-refractivity contribution is 6.50. The lowest BCUT2D eigenvalue weighted by Gasteiger charge is -2.17. The Bertz CT molecular complexity index is 1540. The number of aliphatic hydroxyl groups excluding tert-OH is 1. The van der Waals surface area contributed by atoms with E-state index in [1.807, 2.05) is 66.2 Å². The largest absolute Gasteiger partial charge is 0.454 e. The van der Waals surface area contributed by atoms with Crippen LogP contribution in [0.2, 0.25) is 0 Å². The molecule has 2 amide bonds. The average molecular weight is 473 g/mol. The maximum Gasteiger partial charge on any atom is 0.259 e. The van der Waals surface area contributed by atoms with E-state index >= 15 is 0 Å². The van der Waals surface area contributed by atoms with Crippen LogP contribution >= 0.6 is 0 Å². The van der Waals surface area contributed by atoms with Crippen molar-refractivity contribution in [3.05, 3.63) is 59.9 Å². The third-order valence-electron chi connectivity index (χ3n) is 6.42. The van der Waals surface area contributed by atoms with E-state index in [1.165, 1.54) is 0 Å². The Morgan fingerprint density at radius 2 is 1.74 bits per heavy atom. The van der Waals surface area contributed by atoms with Gasteiger partial charge >= 0.3 is 0 Å². The Labute approximate surface area is 200 Å². The molecule has 0 saturated heterocycles. The molecular weight excluding hydrogens is 448 g/mol. The van der Waals surface area contributed by atoms with E-state index in [1.54, 1.807) is 6.20 Å². The average Bonchev–Trinajstić information content (AvgIpc) is 3.57. The van der Waals surface area contributed by atoms with Crippen molar-refractivity contribution in [3.8, 4) is 11.5 Å². The van der Waals surface area contributed by atoms with Crippen molar-refractivity contribution in [2.75, 3.05) is 27.4 Å². The summed E-state index contributed by atoms with van der Waals surface area (Å²) >= 11 is 0. The van der Waals surface area contributed by atoms with Gasteiger partial charge in [-0.05, 0) is 26.2 Å². The van der Waals surface area contributed by atoms with Crippen molar-refractivity contribution < 1.29 is 24.2 Å². The van der Waals surface area contributed by atoms with Crippen LogP contribution < -0.4 is 14.8 Å². The second-order valence-electron chi connectivity index (χ2n) is 9.12. The number of nitrogens with zero attached hydrogens (tertiary/aromatic N) is 2. The first kappa shape index (κ1) is 21.5. The van der Waals surface area contributed by atoms with Gasteiger partial charge < -0.3 is 29.0 Å². The second-order valence-corrected chi connectivity index (χ2v) is 9.12. The van der Waals surface area contributed by atoms with Gasteiger partial charge in [0.2, 0.25) is 6.79 Å². The van der Waals surface area contributed by atoms with Crippen LogP contribution in [0.5, 0.6) is 11.5 Å². The third-order valence-corrected chi connectivity index (χ3v) is 6.42. The van der Waals surface area contributed by atoms with E-state index in [2.05, 4.69) is 10.3 Å². The number of nitrogens with one attached hydrogen (secondary N) is 2. The highest BCUT2D eigenvalue weighted by Gasteiger charge is 2.35. The molecule has 0 fully saturated rings. The van der Waals surface area contributed by atoms with Gasteiger partial charge in [0.15, 0.2) is 11.5 Å². The molecule has 0 aliphatic carbocycles. The fraction of sp³-hybridized carbons (Fsp3) is 0.231. The van der Waals surface area contributed by atoms with Gasteiger partial charge in [0, 0.05) is 59.0 Å². The molecule has 4 aromatic rings. The summed E-state index contributed by atoms with van der Waals surface area (Å²) in [5, 5.41) is 14.7. The molecule has 6 rings (SSSR count). The minimum absolute atomic E-state index is 0.114. The number of imide groups is 1. The number of rotatable bonds is 6. The number of carbonyl (C=O) groups excluding carboxylic acids is 2. The monoisotopic (exact) mass is 472 g/mol. The first-order chi connectivity index (χ1) is 16.9. The maximum atomic E-state index is 13.2. The zero-order chi connectivity index (χ0) is 24.3. The molecule has 0 radical (unpaired) electrons. The molecule has 178 valence electrons. The molecule has 3 N–H and O–H groups in total. The Kier molecular flexibility index (Phi) is 4.91. The third kappa shape index (κ3) is 3.48. The SMILES string of the molecule is CN(C)CC(O)Cn1cc(C2=C(c3c[nH]c4ccccc34)C(=O)NC2=O)c2cc3c(cc21)OCO3. The van der Waals surface area contributed by atoms with Crippen molar-refractivity contribution in [1.29, 1.82) is 0 Å². The van der Waals surface area contributed by atoms with E-state index in [-0.39, 0.29) is 6.79 Å². The molecule has 9 heteroatoms. The van der Waals surface area contributed by atoms with Gasteiger partial charge in [0.05, 0.1) is 22.8 Å². The summed E-state index contributed by atoms with van der Waals surface area (Å²) in [5.41, 5.74) is 3.52. The van der Waals surface area contributed by atoms with Crippen LogP contribution in [0.3, 0.4) is 0 Å². The lowest BCUT2D eigenvalue weighted by molar-refractivity contribution is -0.122. The number of H-pyrrole nitrogens is 1. The predicted molar refractivity (Wildman–Crippen MR) is 131 cm³/mol. The molecule has 2 aromatic heterocycles. The molecule has 0 saturated carbocycles. The van der Waals surface area contributed by atoms with Gasteiger partial charge in [-0.2, -0.15) is 0 Å². The summed E-state index contributed by atoms with van der Waals surface area (Å²) in [7, 11) is 3.79. The highest BCUT2D eigenvalue weighted by Crippen LogP contribution is 2.42. The first-order valence-electron chi connectivity index (χ1n) is 11.3. The van der Waals surface area contributed by atoms with Gasteiger partial charge in [-0.15, -0.1) is 0 Å². The standard InChI is InChI=1S/C26H24N4O5/c1-29(2)10-14(31)11-30-12-18(16-7-21-22(8-20(16)30)35-13-34-21)24-23(25(32)28-26(24)33)17-9-27-19-6-4-3-5-15(17)19/h3-9,12,14,27,31H,10-11,13H2,1-2H3,(H,28,32,33). The predicted octanol–water partition coefficient (Wildman–Crippen LogP) is 2.34. The minimum Gasteiger partial charge on any atom is -0.454 e. The topological polar surface area (TPSA) is 109 Å². The molecule has 1 unspecified atom stereocenters. The first-order valence-corrected chi connectivity index (χ1v) is 11.3. The number of para-hydroxylation sites is 1. The number of benzene rings is 2. The normalized spacial score (nSPS) is 16.2. The van der Waals surface area contributed by atoms with Gasteiger partial charge in [-0.25, -0.2) is 0 Å². The van der Waals surface area contributed by atoms with Crippen molar-refractivity contribution in [2.24, 2.45) is 0 Å². The van der Waals surface area contributed by atoms with Crippen molar-refractivity contribution in [2.45, 2.75) is 12.6 Å². The lowest BCUT2D eigenvalue weighted by atomic mass is 9.95. The smallest absolute Gasteiger partial charge is 0.259 e. The van der Waals surface area contributed by atoms with E-state index < -0.39 is 17.9 Å². The summed E-state index contributed by atoms with van der Waals surface area (Å²) in [5.74, 6) is 0.275. The molecule has 35 heavy (non-hydrogen) atoms. The van der Waals surface area contributed by atoms with Crippen LogP contribution in [-0.2, 0) is 16.1 Å². The number of fused-ring (bicyclic) bond motifs is 3. The van der Waals surface area contributed by atoms with Crippen LogP contribution in [0.15, 0.2) is 48.8 Å². The van der Waals surface area contributed by atoms with Crippen LogP contribution in [0.4, 0.5) is 0 Å². The number of aromatic amines is 1. The Balaban J connectivity index is 1.59. The number of amides is 2. The van der Waals surface area contributed by atoms with Gasteiger partial charge in [0.25, 0.3) is 11.8 Å². The van der Waals surface area contributed by atoms with E-state index in [9.17, 15) is 14.7 Å². The van der Waals surface area contributed by atoms with E-state index in [0.717, 1.165) is 21.8 Å². The maximum absolute atomic E-state index is 13.2. The summed E-state index contributed by atoms with van der Waals surface area (Å²) in [6, 6.07) is 11.3. The van der Waals surface area contributed by atoms with Crippen LogP contribution in [0.25, 0.3) is 33.0 Å². The number of aromatic nitrogens is 2. The summed E-state index contributed by atoms with van der Waals surface area (Å²) in [4.78, 5) is 31.3. The Morgan fingerprint density at radius 1 is 1.03 bits per heavy atom. The molecule has 4 heterocycles. The number of hydrogen-bond acceptors (Lipinski definition) is 6. The van der Waals surface area contributed by atoms with Gasteiger partial charge in [0.1, 0.15) is 0 Å². The van der Waals surface area contributed by atoms with Gasteiger partial charge in [-0.1, -0.05) is 18.2 Å². The number of likely N-dealkylation sites (N-methyl/N-ethyl adjacent to an activating group) is 1. The summed E-state index contributed by atoms with van der Waals surface area (Å²) in [6.07, 6.45) is 2.94. The second kappa shape index (κ2) is 8.00. The number of carbonyl (C=O) groups is 2. The summed E-state index contributed by atoms with van der Waals surface area (Å²) in [6.45, 7) is 0.893. The highest BCUT2D eigenvalue weighted by atomic mass is 16.7.